The first kappa shape index (κ1) is 16.5. The molecule has 21 heavy (non-hydrogen) atoms. The topological polar surface area (TPSA) is 58.2 Å². The van der Waals surface area contributed by atoms with Crippen molar-refractivity contribution in [1.29, 1.82) is 0 Å². The van der Waals surface area contributed by atoms with Crippen LogP contribution in [-0.4, -0.2) is 21.5 Å². The molecule has 0 atom stereocenters. The Bertz CT molecular complexity index is 681. The highest BCUT2D eigenvalue weighted by molar-refractivity contribution is 9.11. The van der Waals surface area contributed by atoms with Gasteiger partial charge >= 0.3 is 0 Å². The molecule has 0 saturated carbocycles. The van der Waals surface area contributed by atoms with Crippen LogP contribution in [0.1, 0.15) is 11.8 Å². The van der Waals surface area contributed by atoms with Crippen molar-refractivity contribution in [2.24, 2.45) is 0 Å². The second-order valence-corrected chi connectivity index (χ2v) is 8.72. The molecule has 1 heterocycles. The van der Waals surface area contributed by atoms with E-state index in [1.807, 2.05) is 6.07 Å². The Kier molecular flexibility index (Phi) is 5.80. The molecule has 7 heteroatoms. The quantitative estimate of drug-likeness (QED) is 0.763. The normalized spacial score (nSPS) is 11.5. The maximum atomic E-state index is 11.8. The van der Waals surface area contributed by atoms with Gasteiger partial charge in [0.1, 0.15) is 0 Å². The van der Waals surface area contributed by atoms with Crippen molar-refractivity contribution in [2.75, 3.05) is 18.4 Å². The third-order valence-electron chi connectivity index (χ3n) is 2.83. The SMILES string of the molecule is CCNS(=O)(=O)c1ccc(NCCc2ccc(Br)s2)cc1. The van der Waals surface area contributed by atoms with E-state index in [-0.39, 0.29) is 4.90 Å². The molecule has 0 unspecified atom stereocenters. The summed E-state index contributed by atoms with van der Waals surface area (Å²) in [5, 5.41) is 3.29. The number of nitrogens with one attached hydrogen (secondary N) is 2. The number of rotatable bonds is 7. The minimum Gasteiger partial charge on any atom is -0.385 e. The number of thiophene rings is 1. The van der Waals surface area contributed by atoms with Crippen LogP contribution in [0.4, 0.5) is 5.69 Å². The highest BCUT2D eigenvalue weighted by atomic mass is 79.9. The number of hydrogen-bond acceptors (Lipinski definition) is 4. The molecule has 2 N–H and O–H groups in total. The third-order valence-corrected chi connectivity index (χ3v) is 6.07. The highest BCUT2D eigenvalue weighted by Gasteiger charge is 2.11. The summed E-state index contributed by atoms with van der Waals surface area (Å²) < 4.78 is 27.2. The summed E-state index contributed by atoms with van der Waals surface area (Å²) in [5.41, 5.74) is 0.918. The molecule has 0 saturated heterocycles. The molecule has 1 aromatic carbocycles. The molecule has 0 fully saturated rings. The second-order valence-electron chi connectivity index (χ2n) is 4.41. The molecule has 0 radical (unpaired) electrons. The van der Waals surface area contributed by atoms with E-state index in [4.69, 9.17) is 0 Å². The Labute approximate surface area is 137 Å². The van der Waals surface area contributed by atoms with Crippen LogP contribution in [0.3, 0.4) is 0 Å². The minimum absolute atomic E-state index is 0.289. The van der Waals surface area contributed by atoms with Crippen LogP contribution in [0.15, 0.2) is 45.1 Å². The van der Waals surface area contributed by atoms with Gasteiger partial charge in [-0.15, -0.1) is 11.3 Å². The lowest BCUT2D eigenvalue weighted by Gasteiger charge is -2.08. The van der Waals surface area contributed by atoms with Crippen molar-refractivity contribution in [2.45, 2.75) is 18.2 Å². The largest absolute Gasteiger partial charge is 0.385 e. The summed E-state index contributed by atoms with van der Waals surface area (Å²) in [5.74, 6) is 0. The van der Waals surface area contributed by atoms with Gasteiger partial charge in [0.25, 0.3) is 0 Å². The summed E-state index contributed by atoms with van der Waals surface area (Å²) in [6.07, 6.45) is 0.938. The average molecular weight is 389 g/mol. The third kappa shape index (κ3) is 4.81. The number of anilines is 1. The van der Waals surface area contributed by atoms with Gasteiger partial charge in [-0.1, -0.05) is 6.92 Å². The van der Waals surface area contributed by atoms with E-state index in [0.717, 1.165) is 22.4 Å². The van der Waals surface area contributed by atoms with E-state index >= 15 is 0 Å². The molecular formula is C14H17BrN2O2S2. The van der Waals surface area contributed by atoms with Crippen molar-refractivity contribution < 1.29 is 8.42 Å². The Morgan fingerprint density at radius 3 is 2.43 bits per heavy atom. The van der Waals surface area contributed by atoms with Crippen LogP contribution in [0.5, 0.6) is 0 Å². The van der Waals surface area contributed by atoms with Crippen molar-refractivity contribution in [3.63, 3.8) is 0 Å². The predicted molar refractivity (Wildman–Crippen MR) is 91.5 cm³/mol. The first-order valence-electron chi connectivity index (χ1n) is 6.59. The summed E-state index contributed by atoms with van der Waals surface area (Å²) in [6.45, 7) is 2.96. The van der Waals surface area contributed by atoms with Crippen LogP contribution in [0, 0.1) is 0 Å². The van der Waals surface area contributed by atoms with Gasteiger partial charge in [0, 0.05) is 23.7 Å². The van der Waals surface area contributed by atoms with E-state index < -0.39 is 10.0 Å². The molecule has 0 amide bonds. The zero-order valence-corrected chi connectivity index (χ0v) is 14.8. The Balaban J connectivity index is 1.90. The number of benzene rings is 1. The standard InChI is InChI=1S/C14H17BrN2O2S2/c1-2-17-21(18,19)13-6-3-11(4-7-13)16-10-9-12-5-8-14(15)20-12/h3-8,16-17H,2,9-10H2,1H3. The van der Waals surface area contributed by atoms with Gasteiger partial charge in [0.2, 0.25) is 10.0 Å². The summed E-state index contributed by atoms with van der Waals surface area (Å²) in [7, 11) is -3.37. The number of hydrogen-bond donors (Lipinski definition) is 2. The lowest BCUT2D eigenvalue weighted by Crippen LogP contribution is -2.23. The molecule has 1 aromatic heterocycles. The fourth-order valence-corrected chi connectivity index (χ4v) is 4.37. The number of halogens is 1. The summed E-state index contributed by atoms with van der Waals surface area (Å²) in [4.78, 5) is 1.60. The molecule has 0 aliphatic carbocycles. The van der Waals surface area contributed by atoms with Crippen molar-refractivity contribution in [1.82, 2.24) is 4.72 Å². The molecule has 0 spiro atoms. The van der Waals surface area contributed by atoms with Crippen LogP contribution < -0.4 is 10.0 Å². The molecule has 0 aliphatic rings. The Morgan fingerprint density at radius 2 is 1.86 bits per heavy atom. The zero-order valence-electron chi connectivity index (χ0n) is 11.6. The van der Waals surface area contributed by atoms with Gasteiger partial charge in [-0.2, -0.15) is 0 Å². The lowest BCUT2D eigenvalue weighted by atomic mass is 10.3. The molecular weight excluding hydrogens is 372 g/mol. The second kappa shape index (κ2) is 7.40. The molecule has 0 aliphatic heterocycles. The van der Waals surface area contributed by atoms with Gasteiger partial charge in [0.15, 0.2) is 0 Å². The van der Waals surface area contributed by atoms with Gasteiger partial charge < -0.3 is 5.32 Å². The maximum absolute atomic E-state index is 11.8. The minimum atomic E-state index is -3.37. The molecule has 0 bridgehead atoms. The van der Waals surface area contributed by atoms with Crippen LogP contribution in [-0.2, 0) is 16.4 Å². The fraction of sp³-hybridized carbons (Fsp3) is 0.286. The fourth-order valence-electron chi connectivity index (χ4n) is 1.84. The Hall–Kier alpha value is -0.890. The average Bonchev–Trinajstić information content (AvgIpc) is 2.85. The first-order valence-corrected chi connectivity index (χ1v) is 9.68. The van der Waals surface area contributed by atoms with E-state index in [1.165, 1.54) is 4.88 Å². The van der Waals surface area contributed by atoms with Crippen LogP contribution >= 0.6 is 27.3 Å². The van der Waals surface area contributed by atoms with Gasteiger partial charge in [-0.25, -0.2) is 13.1 Å². The lowest BCUT2D eigenvalue weighted by molar-refractivity contribution is 0.584. The van der Waals surface area contributed by atoms with E-state index in [2.05, 4.69) is 32.0 Å². The summed E-state index contributed by atoms with van der Waals surface area (Å²) >= 11 is 5.17. The summed E-state index contributed by atoms with van der Waals surface area (Å²) in [6, 6.07) is 10.9. The molecule has 114 valence electrons. The first-order chi connectivity index (χ1) is 10.0. The molecule has 2 rings (SSSR count). The van der Waals surface area contributed by atoms with Crippen molar-refractivity contribution >= 4 is 43.0 Å². The zero-order chi connectivity index (χ0) is 15.3. The monoisotopic (exact) mass is 388 g/mol. The van der Waals surface area contributed by atoms with Gasteiger partial charge in [0.05, 0.1) is 8.68 Å². The van der Waals surface area contributed by atoms with E-state index in [0.29, 0.717) is 6.54 Å². The molecule has 2 aromatic rings. The highest BCUT2D eigenvalue weighted by Crippen LogP contribution is 2.22. The number of sulfonamides is 1. The smallest absolute Gasteiger partial charge is 0.240 e. The maximum Gasteiger partial charge on any atom is 0.240 e. The van der Waals surface area contributed by atoms with Crippen molar-refractivity contribution in [3.8, 4) is 0 Å². The van der Waals surface area contributed by atoms with Gasteiger partial charge in [-0.05, 0) is 58.7 Å². The Morgan fingerprint density at radius 1 is 1.14 bits per heavy atom. The molecule has 4 nitrogen and oxygen atoms in total. The van der Waals surface area contributed by atoms with E-state index in [1.54, 1.807) is 42.5 Å². The van der Waals surface area contributed by atoms with Crippen LogP contribution in [0.2, 0.25) is 0 Å². The van der Waals surface area contributed by atoms with Crippen molar-refractivity contribution in [3.05, 3.63) is 45.1 Å². The van der Waals surface area contributed by atoms with Crippen LogP contribution in [0.25, 0.3) is 0 Å². The van der Waals surface area contributed by atoms with E-state index in [9.17, 15) is 8.42 Å². The predicted octanol–water partition coefficient (Wildman–Crippen LogP) is 3.46. The van der Waals surface area contributed by atoms with Gasteiger partial charge in [-0.3, -0.25) is 0 Å².